The fourth-order valence-electron chi connectivity index (χ4n) is 0.137. The van der Waals surface area contributed by atoms with Crippen LogP contribution >= 0.6 is 15.9 Å². The van der Waals surface area contributed by atoms with Crippen molar-refractivity contribution >= 4 is 21.9 Å². The van der Waals surface area contributed by atoms with Crippen LogP contribution in [0.25, 0.3) is 0 Å². The van der Waals surface area contributed by atoms with Gasteiger partial charge < -0.3 is 4.74 Å². The van der Waals surface area contributed by atoms with Gasteiger partial charge in [-0.15, -0.1) is 0 Å². The number of esters is 1. The van der Waals surface area contributed by atoms with Crippen LogP contribution in [0.2, 0.25) is 0 Å². The van der Waals surface area contributed by atoms with Gasteiger partial charge in [0.1, 0.15) is 5.52 Å². The minimum Gasteiger partial charge on any atom is -0.454 e. The number of rotatable bonds is 2. The van der Waals surface area contributed by atoms with E-state index in [-0.39, 0.29) is 11.5 Å². The fraction of sp³-hybridized carbons (Fsp3) is 0.500. The van der Waals surface area contributed by atoms with Gasteiger partial charge in [-0.1, -0.05) is 6.92 Å². The topological polar surface area (TPSA) is 26.3 Å². The molecule has 0 bridgehead atoms. The molecule has 3 heteroatoms. The number of ether oxygens (including phenoxy) is 1. The van der Waals surface area contributed by atoms with Crippen molar-refractivity contribution in [2.24, 2.45) is 0 Å². The molecule has 0 saturated heterocycles. The van der Waals surface area contributed by atoms with Gasteiger partial charge >= 0.3 is 5.97 Å². The molecule has 0 aliphatic carbocycles. The zero-order valence-corrected chi connectivity index (χ0v) is 5.56. The quantitative estimate of drug-likeness (QED) is 0.453. The molecular formula is C4H6BrO2. The molecule has 0 aliphatic rings. The van der Waals surface area contributed by atoms with E-state index in [0.717, 1.165) is 0 Å². The molecule has 0 amide bonds. The summed E-state index contributed by atoms with van der Waals surface area (Å²) in [6, 6.07) is 0. The molecule has 41 valence electrons. The van der Waals surface area contributed by atoms with Crippen LogP contribution in [-0.4, -0.2) is 11.5 Å². The Kier molecular flexibility index (Phi) is 4.09. The van der Waals surface area contributed by atoms with Crippen molar-refractivity contribution in [3.63, 3.8) is 0 Å². The first-order chi connectivity index (χ1) is 3.31. The number of halogens is 1. The van der Waals surface area contributed by atoms with Crippen molar-refractivity contribution in [3.05, 3.63) is 6.42 Å². The average Bonchev–Trinajstić information content (AvgIpc) is 1.68. The van der Waals surface area contributed by atoms with E-state index >= 15 is 0 Å². The van der Waals surface area contributed by atoms with Crippen molar-refractivity contribution in [3.8, 4) is 0 Å². The van der Waals surface area contributed by atoms with Crippen LogP contribution in [0.15, 0.2) is 0 Å². The summed E-state index contributed by atoms with van der Waals surface area (Å²) in [4.78, 5) is 10.1. The van der Waals surface area contributed by atoms with Crippen LogP contribution in [-0.2, 0) is 9.53 Å². The van der Waals surface area contributed by atoms with Crippen molar-refractivity contribution in [1.29, 1.82) is 0 Å². The van der Waals surface area contributed by atoms with E-state index < -0.39 is 0 Å². The first-order valence-electron chi connectivity index (χ1n) is 1.83. The summed E-state index contributed by atoms with van der Waals surface area (Å²) in [5.74, 6) is -0.295. The third kappa shape index (κ3) is 3.79. The van der Waals surface area contributed by atoms with E-state index in [2.05, 4.69) is 20.7 Å². The highest BCUT2D eigenvalue weighted by Gasteiger charge is 1.92. The molecule has 0 heterocycles. The standard InChI is InChI=1S/C4H6BrO2/c1-2-4(6)7-3-5/h2H,3H2,1H3. The molecular weight excluding hydrogens is 160 g/mol. The lowest BCUT2D eigenvalue weighted by Crippen LogP contribution is -1.99. The number of hydrogen-bond acceptors (Lipinski definition) is 2. The molecule has 7 heavy (non-hydrogen) atoms. The molecule has 1 radical (unpaired) electrons. The summed E-state index contributed by atoms with van der Waals surface area (Å²) < 4.78 is 4.41. The zero-order chi connectivity index (χ0) is 5.70. The summed E-state index contributed by atoms with van der Waals surface area (Å²) in [6.45, 7) is 1.63. The van der Waals surface area contributed by atoms with Gasteiger partial charge in [0.05, 0.1) is 6.42 Å². The van der Waals surface area contributed by atoms with Crippen molar-refractivity contribution in [2.45, 2.75) is 6.92 Å². The maximum absolute atomic E-state index is 10.1. The molecule has 0 saturated carbocycles. The Morgan fingerprint density at radius 3 is 2.71 bits per heavy atom. The summed E-state index contributed by atoms with van der Waals surface area (Å²) in [5.41, 5.74) is 0.274. The number of carbonyl (C=O) groups is 1. The van der Waals surface area contributed by atoms with Crippen molar-refractivity contribution in [1.82, 2.24) is 0 Å². The first kappa shape index (κ1) is 6.95. The van der Waals surface area contributed by atoms with Gasteiger partial charge in [0, 0.05) is 0 Å². The molecule has 0 aromatic rings. The third-order valence-corrected chi connectivity index (χ3v) is 0.661. The molecule has 0 atom stereocenters. The monoisotopic (exact) mass is 165 g/mol. The van der Waals surface area contributed by atoms with Crippen LogP contribution in [0.5, 0.6) is 0 Å². The Morgan fingerprint density at radius 2 is 2.57 bits per heavy atom. The number of alkyl halides is 1. The Labute approximate surface area is 51.0 Å². The lowest BCUT2D eigenvalue weighted by molar-refractivity contribution is -0.137. The molecule has 2 nitrogen and oxygen atoms in total. The third-order valence-electron chi connectivity index (χ3n) is 0.433. The van der Waals surface area contributed by atoms with Crippen LogP contribution < -0.4 is 0 Å². The normalized spacial score (nSPS) is 8.29. The predicted molar refractivity (Wildman–Crippen MR) is 29.9 cm³/mol. The lowest BCUT2D eigenvalue weighted by atomic mass is 10.5. The lowest BCUT2D eigenvalue weighted by Gasteiger charge is -1.92. The van der Waals surface area contributed by atoms with E-state index in [1.165, 1.54) is 6.42 Å². The summed E-state index contributed by atoms with van der Waals surface area (Å²) in [6.07, 6.45) is 1.36. The van der Waals surface area contributed by atoms with Crippen molar-refractivity contribution in [2.75, 3.05) is 5.52 Å². The highest BCUT2D eigenvalue weighted by molar-refractivity contribution is 9.09. The van der Waals surface area contributed by atoms with Crippen LogP contribution in [0.4, 0.5) is 0 Å². The summed E-state index contributed by atoms with van der Waals surface area (Å²) >= 11 is 2.93. The minimum atomic E-state index is -0.295. The molecule has 0 rings (SSSR count). The van der Waals surface area contributed by atoms with Crippen LogP contribution in [0.3, 0.4) is 0 Å². The number of hydrogen-bond donors (Lipinski definition) is 0. The molecule has 0 aliphatic heterocycles. The second kappa shape index (κ2) is 4.12. The van der Waals surface area contributed by atoms with Gasteiger partial charge in [-0.25, -0.2) is 0 Å². The molecule has 0 N–H and O–H groups in total. The molecule has 0 aromatic carbocycles. The highest BCUT2D eigenvalue weighted by Crippen LogP contribution is 1.85. The van der Waals surface area contributed by atoms with E-state index in [0.29, 0.717) is 0 Å². The second-order valence-electron chi connectivity index (χ2n) is 0.861. The van der Waals surface area contributed by atoms with E-state index in [1.807, 2.05) is 0 Å². The Hall–Kier alpha value is -0.0500. The van der Waals surface area contributed by atoms with E-state index in [1.54, 1.807) is 6.92 Å². The van der Waals surface area contributed by atoms with Crippen LogP contribution in [0, 0.1) is 6.42 Å². The van der Waals surface area contributed by atoms with Crippen LogP contribution in [0.1, 0.15) is 6.92 Å². The van der Waals surface area contributed by atoms with Gasteiger partial charge in [-0.05, 0) is 15.9 Å². The van der Waals surface area contributed by atoms with E-state index in [4.69, 9.17) is 0 Å². The minimum absolute atomic E-state index is 0.274. The predicted octanol–water partition coefficient (Wildman–Crippen LogP) is 1.11. The maximum atomic E-state index is 10.1. The molecule has 0 fully saturated rings. The fourth-order valence-corrected chi connectivity index (χ4v) is 0.363. The molecule has 0 spiro atoms. The first-order valence-corrected chi connectivity index (χ1v) is 2.95. The summed E-state index contributed by atoms with van der Waals surface area (Å²) in [5, 5.41) is 0. The SMILES string of the molecule is C[CH]C(=O)OCBr. The van der Waals surface area contributed by atoms with E-state index in [9.17, 15) is 4.79 Å². The molecule has 0 aromatic heterocycles. The van der Waals surface area contributed by atoms with Gasteiger partial charge in [0.15, 0.2) is 0 Å². The maximum Gasteiger partial charge on any atom is 0.310 e. The summed E-state index contributed by atoms with van der Waals surface area (Å²) in [7, 11) is 0. The zero-order valence-electron chi connectivity index (χ0n) is 3.98. The molecule has 0 unspecified atom stereocenters. The van der Waals surface area contributed by atoms with Crippen molar-refractivity contribution < 1.29 is 9.53 Å². The van der Waals surface area contributed by atoms with Gasteiger partial charge in [-0.2, -0.15) is 0 Å². The van der Waals surface area contributed by atoms with Gasteiger partial charge in [-0.3, -0.25) is 4.79 Å². The average molecular weight is 166 g/mol. The largest absolute Gasteiger partial charge is 0.454 e. The number of carbonyl (C=O) groups excluding carboxylic acids is 1. The van der Waals surface area contributed by atoms with Gasteiger partial charge in [0.25, 0.3) is 0 Å². The second-order valence-corrected chi connectivity index (χ2v) is 1.32. The van der Waals surface area contributed by atoms with Gasteiger partial charge in [0.2, 0.25) is 0 Å². The Morgan fingerprint density at radius 1 is 2.00 bits per heavy atom. The highest BCUT2D eigenvalue weighted by atomic mass is 79.9. The Balaban J connectivity index is 3.00. The Bertz CT molecular complexity index is 62.7. The smallest absolute Gasteiger partial charge is 0.310 e.